The first kappa shape index (κ1) is 12.1. The van der Waals surface area contributed by atoms with E-state index in [-0.39, 0.29) is 0 Å². The third-order valence-corrected chi connectivity index (χ3v) is 2.98. The molecule has 0 aliphatic carbocycles. The molecule has 2 aromatic rings. The number of pyridine rings is 1. The van der Waals surface area contributed by atoms with E-state index in [1.165, 1.54) is 5.56 Å². The summed E-state index contributed by atoms with van der Waals surface area (Å²) in [6.07, 6.45) is 4.62. The molecule has 88 valence electrons. The van der Waals surface area contributed by atoms with E-state index in [4.69, 9.17) is 11.6 Å². The first-order chi connectivity index (χ1) is 8.16. The fourth-order valence-electron chi connectivity index (χ4n) is 1.93. The van der Waals surface area contributed by atoms with Gasteiger partial charge in [-0.2, -0.15) is 0 Å². The lowest BCUT2D eigenvalue weighted by Gasteiger charge is -2.08. The Bertz CT molecular complexity index is 506. The van der Waals surface area contributed by atoms with Crippen molar-refractivity contribution in [2.24, 2.45) is 5.92 Å². The number of rotatable bonds is 3. The van der Waals surface area contributed by atoms with E-state index in [2.05, 4.69) is 43.1 Å². The van der Waals surface area contributed by atoms with Crippen LogP contribution in [0.1, 0.15) is 19.4 Å². The minimum Gasteiger partial charge on any atom is -0.264 e. The summed E-state index contributed by atoms with van der Waals surface area (Å²) in [6.45, 7) is 4.45. The van der Waals surface area contributed by atoms with E-state index in [1.807, 2.05) is 12.3 Å². The number of aromatic nitrogens is 1. The zero-order valence-electron chi connectivity index (χ0n) is 10.2. The van der Waals surface area contributed by atoms with Gasteiger partial charge in [0.1, 0.15) is 0 Å². The summed E-state index contributed by atoms with van der Waals surface area (Å²) in [5, 5.41) is 0.752. The van der Waals surface area contributed by atoms with Crippen LogP contribution in [-0.2, 0) is 6.42 Å². The Morgan fingerprint density at radius 3 is 2.76 bits per heavy atom. The average molecular weight is 246 g/mol. The predicted octanol–water partition coefficient (Wildman–Crippen LogP) is 4.60. The van der Waals surface area contributed by atoms with Crippen LogP contribution in [0.2, 0.25) is 5.02 Å². The zero-order chi connectivity index (χ0) is 12.3. The largest absolute Gasteiger partial charge is 0.264 e. The third-order valence-electron chi connectivity index (χ3n) is 2.65. The first-order valence-corrected chi connectivity index (χ1v) is 6.23. The van der Waals surface area contributed by atoms with Crippen molar-refractivity contribution >= 4 is 11.6 Å². The van der Waals surface area contributed by atoms with Crippen LogP contribution in [0.15, 0.2) is 42.7 Å². The van der Waals surface area contributed by atoms with Gasteiger partial charge in [-0.15, -0.1) is 0 Å². The number of benzene rings is 1. The van der Waals surface area contributed by atoms with Gasteiger partial charge in [-0.3, -0.25) is 4.98 Å². The molecule has 0 aliphatic heterocycles. The van der Waals surface area contributed by atoms with Gasteiger partial charge in [0, 0.05) is 18.0 Å². The Hall–Kier alpha value is -1.34. The van der Waals surface area contributed by atoms with Crippen molar-refractivity contribution in [1.82, 2.24) is 4.98 Å². The molecule has 0 spiro atoms. The molecule has 1 aromatic carbocycles. The lowest BCUT2D eigenvalue weighted by atomic mass is 9.99. The molecule has 0 aliphatic rings. The molecule has 0 saturated carbocycles. The molecule has 0 amide bonds. The number of nitrogens with zero attached hydrogens (tertiary/aromatic N) is 1. The van der Waals surface area contributed by atoms with E-state index in [1.54, 1.807) is 6.20 Å². The second-order valence-corrected chi connectivity index (χ2v) is 5.06. The van der Waals surface area contributed by atoms with Gasteiger partial charge in [0.15, 0.2) is 0 Å². The van der Waals surface area contributed by atoms with Crippen LogP contribution < -0.4 is 0 Å². The molecular weight excluding hydrogens is 230 g/mol. The van der Waals surface area contributed by atoms with Crippen molar-refractivity contribution in [3.05, 3.63) is 53.3 Å². The van der Waals surface area contributed by atoms with Crippen molar-refractivity contribution in [1.29, 1.82) is 0 Å². The highest BCUT2D eigenvalue weighted by Gasteiger charge is 2.04. The van der Waals surface area contributed by atoms with Crippen LogP contribution in [0.3, 0.4) is 0 Å². The Kier molecular flexibility index (Phi) is 3.80. The van der Waals surface area contributed by atoms with Gasteiger partial charge in [0.25, 0.3) is 0 Å². The molecule has 17 heavy (non-hydrogen) atoms. The van der Waals surface area contributed by atoms with E-state index < -0.39 is 0 Å². The molecule has 0 N–H and O–H groups in total. The molecule has 0 fully saturated rings. The highest BCUT2D eigenvalue weighted by molar-refractivity contribution is 6.33. The van der Waals surface area contributed by atoms with Crippen LogP contribution in [0.4, 0.5) is 0 Å². The quantitative estimate of drug-likeness (QED) is 0.770. The lowest BCUT2D eigenvalue weighted by molar-refractivity contribution is 0.647. The van der Waals surface area contributed by atoms with Crippen LogP contribution >= 0.6 is 11.6 Å². The maximum atomic E-state index is 6.18. The molecule has 0 radical (unpaired) electrons. The molecule has 1 aromatic heterocycles. The smallest absolute Gasteiger partial charge is 0.0515 e. The summed E-state index contributed by atoms with van der Waals surface area (Å²) in [6, 6.07) is 10.3. The van der Waals surface area contributed by atoms with Crippen molar-refractivity contribution in [2.45, 2.75) is 20.3 Å². The maximum Gasteiger partial charge on any atom is 0.0515 e. The van der Waals surface area contributed by atoms with Gasteiger partial charge < -0.3 is 0 Å². The van der Waals surface area contributed by atoms with Crippen LogP contribution in [0.25, 0.3) is 11.1 Å². The fourth-order valence-corrected chi connectivity index (χ4v) is 2.14. The molecule has 1 heterocycles. The highest BCUT2D eigenvalue weighted by Crippen LogP contribution is 2.27. The Morgan fingerprint density at radius 1 is 1.24 bits per heavy atom. The molecule has 0 bridgehead atoms. The molecule has 0 atom stereocenters. The lowest BCUT2D eigenvalue weighted by Crippen LogP contribution is -1.94. The summed E-state index contributed by atoms with van der Waals surface area (Å²) in [7, 11) is 0. The third kappa shape index (κ3) is 3.07. The van der Waals surface area contributed by atoms with Crippen molar-refractivity contribution in [3.63, 3.8) is 0 Å². The summed E-state index contributed by atoms with van der Waals surface area (Å²) in [5.41, 5.74) is 3.48. The van der Waals surface area contributed by atoms with Gasteiger partial charge in [0.05, 0.1) is 5.02 Å². The van der Waals surface area contributed by atoms with E-state index in [0.717, 1.165) is 22.6 Å². The SMILES string of the molecule is CC(C)Cc1cccc(-c2cnccc2Cl)c1. The minimum atomic E-state index is 0.662. The molecule has 0 saturated heterocycles. The summed E-state index contributed by atoms with van der Waals surface area (Å²) in [4.78, 5) is 4.13. The molecule has 2 heteroatoms. The van der Waals surface area contributed by atoms with Crippen molar-refractivity contribution in [2.75, 3.05) is 0 Å². The molecular formula is C15H16ClN. The average Bonchev–Trinajstić information content (AvgIpc) is 2.29. The Morgan fingerprint density at radius 2 is 2.06 bits per heavy atom. The summed E-state index contributed by atoms with van der Waals surface area (Å²) >= 11 is 6.18. The van der Waals surface area contributed by atoms with Gasteiger partial charge >= 0.3 is 0 Å². The van der Waals surface area contributed by atoms with Crippen molar-refractivity contribution in [3.8, 4) is 11.1 Å². The van der Waals surface area contributed by atoms with Gasteiger partial charge in [-0.25, -0.2) is 0 Å². The maximum absolute atomic E-state index is 6.18. The summed E-state index contributed by atoms with van der Waals surface area (Å²) < 4.78 is 0. The van der Waals surface area contributed by atoms with E-state index >= 15 is 0 Å². The topological polar surface area (TPSA) is 12.9 Å². The highest BCUT2D eigenvalue weighted by atomic mass is 35.5. The Balaban J connectivity index is 2.37. The van der Waals surface area contributed by atoms with Gasteiger partial charge in [0.2, 0.25) is 0 Å². The second kappa shape index (κ2) is 5.33. The van der Waals surface area contributed by atoms with Crippen LogP contribution in [0.5, 0.6) is 0 Å². The van der Waals surface area contributed by atoms with Gasteiger partial charge in [-0.1, -0.05) is 49.7 Å². The number of hydrogen-bond acceptors (Lipinski definition) is 1. The molecule has 1 nitrogen and oxygen atoms in total. The molecule has 2 rings (SSSR count). The van der Waals surface area contributed by atoms with Gasteiger partial charge in [-0.05, 0) is 29.5 Å². The normalized spacial score (nSPS) is 10.8. The first-order valence-electron chi connectivity index (χ1n) is 5.85. The Labute approximate surface area is 107 Å². The number of halogens is 1. The predicted molar refractivity (Wildman–Crippen MR) is 73.2 cm³/mol. The second-order valence-electron chi connectivity index (χ2n) is 4.65. The van der Waals surface area contributed by atoms with Crippen LogP contribution in [-0.4, -0.2) is 4.98 Å². The van der Waals surface area contributed by atoms with Crippen LogP contribution in [0, 0.1) is 5.92 Å². The zero-order valence-corrected chi connectivity index (χ0v) is 10.9. The number of hydrogen-bond donors (Lipinski definition) is 0. The van der Waals surface area contributed by atoms with E-state index in [0.29, 0.717) is 5.92 Å². The molecule has 0 unspecified atom stereocenters. The van der Waals surface area contributed by atoms with E-state index in [9.17, 15) is 0 Å². The summed E-state index contributed by atoms with van der Waals surface area (Å²) in [5.74, 6) is 0.662. The fraction of sp³-hybridized carbons (Fsp3) is 0.267. The van der Waals surface area contributed by atoms with Crippen molar-refractivity contribution < 1.29 is 0 Å². The monoisotopic (exact) mass is 245 g/mol. The standard InChI is InChI=1S/C15H16ClN/c1-11(2)8-12-4-3-5-13(9-12)14-10-17-7-6-15(14)16/h3-7,9-11H,8H2,1-2H3. The minimum absolute atomic E-state index is 0.662.